The molecule has 5 heteroatoms. The standard InChI is InChI=1S/C8H14BrFO3/c1-3-5-6(11)8(9,10)7(12)13-4-2/h6,11H,3-5H2,1-2H3. The van der Waals surface area contributed by atoms with E-state index in [0.29, 0.717) is 6.42 Å². The molecule has 0 aliphatic heterocycles. The largest absolute Gasteiger partial charge is 0.463 e. The summed E-state index contributed by atoms with van der Waals surface area (Å²) in [5.74, 6) is -1.07. The van der Waals surface area contributed by atoms with Gasteiger partial charge in [0.05, 0.1) is 6.61 Å². The summed E-state index contributed by atoms with van der Waals surface area (Å²) in [7, 11) is 0. The van der Waals surface area contributed by atoms with Crippen LogP contribution >= 0.6 is 15.9 Å². The van der Waals surface area contributed by atoms with Crippen LogP contribution in [0.25, 0.3) is 0 Å². The zero-order chi connectivity index (χ0) is 10.5. The van der Waals surface area contributed by atoms with Gasteiger partial charge in [0.25, 0.3) is 4.58 Å². The van der Waals surface area contributed by atoms with Crippen molar-refractivity contribution in [2.75, 3.05) is 6.61 Å². The lowest BCUT2D eigenvalue weighted by Crippen LogP contribution is -2.41. The second-order valence-electron chi connectivity index (χ2n) is 2.65. The number of carbonyl (C=O) groups is 1. The highest BCUT2D eigenvalue weighted by Crippen LogP contribution is 2.28. The van der Waals surface area contributed by atoms with Gasteiger partial charge in [-0.2, -0.15) is 0 Å². The first kappa shape index (κ1) is 12.8. The average molecular weight is 257 g/mol. The van der Waals surface area contributed by atoms with Gasteiger partial charge < -0.3 is 9.84 Å². The summed E-state index contributed by atoms with van der Waals surface area (Å²) in [6.07, 6.45) is -0.560. The molecule has 0 saturated carbocycles. The van der Waals surface area contributed by atoms with Gasteiger partial charge in [0, 0.05) is 0 Å². The number of rotatable bonds is 5. The van der Waals surface area contributed by atoms with Crippen LogP contribution in [0.1, 0.15) is 26.7 Å². The van der Waals surface area contributed by atoms with Crippen LogP contribution in [0.2, 0.25) is 0 Å². The van der Waals surface area contributed by atoms with Crippen LogP contribution in [0.4, 0.5) is 4.39 Å². The van der Waals surface area contributed by atoms with E-state index in [4.69, 9.17) is 0 Å². The number of hydrogen-bond donors (Lipinski definition) is 1. The minimum atomic E-state index is -2.47. The summed E-state index contributed by atoms with van der Waals surface area (Å²) >= 11 is 2.52. The number of hydrogen-bond acceptors (Lipinski definition) is 3. The van der Waals surface area contributed by atoms with Crippen molar-refractivity contribution in [1.29, 1.82) is 0 Å². The molecule has 2 atom stereocenters. The Bertz CT molecular complexity index is 173. The van der Waals surface area contributed by atoms with Crippen LogP contribution in [0.15, 0.2) is 0 Å². The van der Waals surface area contributed by atoms with E-state index in [1.165, 1.54) is 0 Å². The molecule has 0 bridgehead atoms. The van der Waals surface area contributed by atoms with Crippen molar-refractivity contribution in [1.82, 2.24) is 0 Å². The molecular formula is C8H14BrFO3. The van der Waals surface area contributed by atoms with Crippen molar-refractivity contribution in [3.63, 3.8) is 0 Å². The van der Waals surface area contributed by atoms with Crippen LogP contribution in [0.5, 0.6) is 0 Å². The number of ether oxygens (including phenoxy) is 1. The number of aliphatic hydroxyl groups is 1. The molecule has 0 rings (SSSR count). The van der Waals surface area contributed by atoms with Gasteiger partial charge in [-0.15, -0.1) is 0 Å². The molecule has 2 unspecified atom stereocenters. The van der Waals surface area contributed by atoms with Crippen LogP contribution in [-0.2, 0) is 9.53 Å². The van der Waals surface area contributed by atoms with Gasteiger partial charge in [0.15, 0.2) is 0 Å². The molecule has 0 aliphatic rings. The normalized spacial score (nSPS) is 17.6. The summed E-state index contributed by atoms with van der Waals surface area (Å²) in [6.45, 7) is 3.46. The van der Waals surface area contributed by atoms with E-state index in [1.807, 2.05) is 0 Å². The van der Waals surface area contributed by atoms with Crippen molar-refractivity contribution < 1.29 is 19.0 Å². The van der Waals surface area contributed by atoms with E-state index < -0.39 is 16.7 Å². The maximum Gasteiger partial charge on any atom is 0.357 e. The second-order valence-corrected chi connectivity index (χ2v) is 3.80. The molecule has 0 aromatic rings. The molecule has 0 aromatic carbocycles. The number of esters is 1. The zero-order valence-corrected chi connectivity index (χ0v) is 9.30. The topological polar surface area (TPSA) is 46.5 Å². The molecule has 0 spiro atoms. The quantitative estimate of drug-likeness (QED) is 0.603. The van der Waals surface area contributed by atoms with E-state index in [0.717, 1.165) is 0 Å². The van der Waals surface area contributed by atoms with Crippen molar-refractivity contribution in [3.8, 4) is 0 Å². The molecule has 3 nitrogen and oxygen atoms in total. The molecule has 0 saturated heterocycles. The molecule has 0 radical (unpaired) electrons. The van der Waals surface area contributed by atoms with Gasteiger partial charge in [-0.25, -0.2) is 9.18 Å². The van der Waals surface area contributed by atoms with Gasteiger partial charge in [-0.1, -0.05) is 13.3 Å². The van der Waals surface area contributed by atoms with Gasteiger partial charge in [-0.3, -0.25) is 0 Å². The lowest BCUT2D eigenvalue weighted by Gasteiger charge is -2.21. The van der Waals surface area contributed by atoms with E-state index in [-0.39, 0.29) is 13.0 Å². The lowest BCUT2D eigenvalue weighted by molar-refractivity contribution is -0.156. The molecule has 0 fully saturated rings. The van der Waals surface area contributed by atoms with Gasteiger partial charge in [0.2, 0.25) is 0 Å². The van der Waals surface area contributed by atoms with Gasteiger partial charge in [-0.05, 0) is 29.3 Å². The van der Waals surface area contributed by atoms with Crippen LogP contribution < -0.4 is 0 Å². The molecule has 13 heavy (non-hydrogen) atoms. The Labute approximate surface area is 85.4 Å². The molecule has 78 valence electrons. The molecule has 0 heterocycles. The highest BCUT2D eigenvalue weighted by molar-refractivity contribution is 9.10. The number of alkyl halides is 2. The number of halogens is 2. The lowest BCUT2D eigenvalue weighted by atomic mass is 10.1. The highest BCUT2D eigenvalue weighted by atomic mass is 79.9. The minimum absolute atomic E-state index is 0.0922. The Kier molecular flexibility index (Phi) is 5.48. The average Bonchev–Trinajstić information content (AvgIpc) is 2.05. The maximum absolute atomic E-state index is 13.4. The van der Waals surface area contributed by atoms with Crippen LogP contribution in [0.3, 0.4) is 0 Å². The predicted octanol–water partition coefficient (Wildman–Crippen LogP) is 1.77. The molecule has 0 aliphatic carbocycles. The predicted molar refractivity (Wildman–Crippen MR) is 50.3 cm³/mol. The third kappa shape index (κ3) is 3.60. The summed E-state index contributed by atoms with van der Waals surface area (Å²) in [5.41, 5.74) is 0. The first-order valence-electron chi connectivity index (χ1n) is 4.19. The summed E-state index contributed by atoms with van der Waals surface area (Å²) in [5, 5.41) is 9.25. The monoisotopic (exact) mass is 256 g/mol. The first-order valence-corrected chi connectivity index (χ1v) is 4.99. The molecule has 1 N–H and O–H groups in total. The first-order chi connectivity index (χ1) is 5.96. The smallest absolute Gasteiger partial charge is 0.357 e. The van der Waals surface area contributed by atoms with Crippen molar-refractivity contribution in [3.05, 3.63) is 0 Å². The van der Waals surface area contributed by atoms with E-state index in [1.54, 1.807) is 13.8 Å². The Morgan fingerprint density at radius 2 is 2.23 bits per heavy atom. The van der Waals surface area contributed by atoms with Crippen molar-refractivity contribution in [2.45, 2.75) is 37.4 Å². The Hall–Kier alpha value is -0.160. The summed E-state index contributed by atoms with van der Waals surface area (Å²) < 4.78 is 15.4. The van der Waals surface area contributed by atoms with Gasteiger partial charge in [0.1, 0.15) is 6.10 Å². The Balaban J connectivity index is 4.26. The molecule has 0 amide bonds. The Morgan fingerprint density at radius 3 is 2.62 bits per heavy atom. The van der Waals surface area contributed by atoms with E-state index in [9.17, 15) is 14.3 Å². The SMILES string of the molecule is CCCC(O)C(F)(Br)C(=O)OCC. The highest BCUT2D eigenvalue weighted by Gasteiger charge is 2.44. The fourth-order valence-corrected chi connectivity index (χ4v) is 1.16. The zero-order valence-electron chi connectivity index (χ0n) is 7.72. The van der Waals surface area contributed by atoms with Crippen molar-refractivity contribution >= 4 is 21.9 Å². The van der Waals surface area contributed by atoms with Crippen LogP contribution in [0, 0.1) is 0 Å². The summed E-state index contributed by atoms with van der Waals surface area (Å²) in [4.78, 5) is 11.0. The number of carbonyl (C=O) groups excluding carboxylic acids is 1. The number of aliphatic hydroxyl groups excluding tert-OH is 1. The van der Waals surface area contributed by atoms with Gasteiger partial charge >= 0.3 is 5.97 Å². The molecular weight excluding hydrogens is 243 g/mol. The maximum atomic E-state index is 13.4. The Morgan fingerprint density at radius 1 is 1.69 bits per heavy atom. The summed E-state index contributed by atoms with van der Waals surface area (Å²) in [6, 6.07) is 0. The second kappa shape index (κ2) is 5.54. The molecule has 0 aromatic heterocycles. The third-order valence-electron chi connectivity index (χ3n) is 1.53. The fraction of sp³-hybridized carbons (Fsp3) is 0.875. The van der Waals surface area contributed by atoms with E-state index in [2.05, 4.69) is 20.7 Å². The van der Waals surface area contributed by atoms with E-state index >= 15 is 0 Å². The van der Waals surface area contributed by atoms with Crippen LogP contribution in [-0.4, -0.2) is 28.4 Å². The third-order valence-corrected chi connectivity index (χ3v) is 2.38. The fourth-order valence-electron chi connectivity index (χ4n) is 0.818. The van der Waals surface area contributed by atoms with Crippen molar-refractivity contribution in [2.24, 2.45) is 0 Å². The minimum Gasteiger partial charge on any atom is -0.463 e.